The molecule has 0 saturated carbocycles. The predicted octanol–water partition coefficient (Wildman–Crippen LogP) is 3.63. The Morgan fingerprint density at radius 2 is 1.94 bits per heavy atom. The Kier molecular flexibility index (Phi) is 2.98. The Morgan fingerprint density at radius 3 is 2.56 bits per heavy atom. The molecule has 1 atom stereocenters. The van der Waals surface area contributed by atoms with E-state index in [-0.39, 0.29) is 17.1 Å². The lowest BCUT2D eigenvalue weighted by Gasteiger charge is -2.43. The highest BCUT2D eigenvalue weighted by molar-refractivity contribution is 14.1. The van der Waals surface area contributed by atoms with Crippen molar-refractivity contribution in [1.29, 1.82) is 0 Å². The van der Waals surface area contributed by atoms with Crippen molar-refractivity contribution >= 4 is 28.4 Å². The van der Waals surface area contributed by atoms with Crippen LogP contribution >= 0.6 is 22.6 Å². The van der Waals surface area contributed by atoms with Crippen molar-refractivity contribution in [2.45, 2.75) is 58.7 Å². The van der Waals surface area contributed by atoms with Crippen molar-refractivity contribution in [3.8, 4) is 0 Å². The molecule has 0 bridgehead atoms. The van der Waals surface area contributed by atoms with Gasteiger partial charge in [0.05, 0.1) is 11.7 Å². The summed E-state index contributed by atoms with van der Waals surface area (Å²) in [5.41, 5.74) is 0.812. The molecule has 0 N–H and O–H groups in total. The summed E-state index contributed by atoms with van der Waals surface area (Å²) in [6, 6.07) is 0. The SMILES string of the molecule is CC1(C)CC(=O)C2=C(I)C(C)(C)CCC2O1. The first-order valence-corrected chi connectivity index (χ1v) is 6.92. The molecule has 16 heavy (non-hydrogen) atoms. The molecule has 3 heteroatoms. The highest BCUT2D eigenvalue weighted by atomic mass is 127. The molecule has 0 aromatic rings. The number of halogens is 1. The van der Waals surface area contributed by atoms with Gasteiger partial charge in [-0.1, -0.05) is 13.8 Å². The summed E-state index contributed by atoms with van der Waals surface area (Å²) in [6.45, 7) is 8.44. The average molecular weight is 334 g/mol. The fourth-order valence-corrected chi connectivity index (χ4v) is 3.50. The lowest BCUT2D eigenvalue weighted by atomic mass is 9.74. The van der Waals surface area contributed by atoms with E-state index >= 15 is 0 Å². The van der Waals surface area contributed by atoms with Gasteiger partial charge >= 0.3 is 0 Å². The van der Waals surface area contributed by atoms with Crippen LogP contribution in [0.1, 0.15) is 47.0 Å². The van der Waals surface area contributed by atoms with Crippen molar-refractivity contribution in [1.82, 2.24) is 0 Å². The third-order valence-electron chi connectivity index (χ3n) is 3.53. The van der Waals surface area contributed by atoms with Gasteiger partial charge in [-0.15, -0.1) is 0 Å². The van der Waals surface area contributed by atoms with Crippen LogP contribution in [-0.4, -0.2) is 17.5 Å². The number of Topliss-reactive ketones (excluding diaryl/α,β-unsaturated/α-hetero) is 1. The summed E-state index contributed by atoms with van der Waals surface area (Å²) < 4.78 is 7.24. The normalized spacial score (nSPS) is 32.6. The lowest BCUT2D eigenvalue weighted by Crippen LogP contribution is -2.45. The number of carbonyl (C=O) groups is 1. The minimum Gasteiger partial charge on any atom is -0.367 e. The first kappa shape index (κ1) is 12.6. The Balaban J connectivity index is 2.41. The third-order valence-corrected chi connectivity index (χ3v) is 5.57. The number of fused-ring (bicyclic) bond motifs is 1. The fourth-order valence-electron chi connectivity index (χ4n) is 2.58. The molecule has 2 rings (SSSR count). The second-order valence-corrected chi connectivity index (χ2v) is 7.20. The summed E-state index contributed by atoms with van der Waals surface area (Å²) in [7, 11) is 0. The molecule has 0 amide bonds. The number of allylic oxidation sites excluding steroid dienone is 1. The van der Waals surface area contributed by atoms with E-state index in [1.807, 2.05) is 13.8 Å². The van der Waals surface area contributed by atoms with Crippen molar-refractivity contribution < 1.29 is 9.53 Å². The molecule has 1 fully saturated rings. The summed E-state index contributed by atoms with van der Waals surface area (Å²) in [5.74, 6) is 0.290. The molecule has 1 aliphatic heterocycles. The van der Waals surface area contributed by atoms with E-state index in [0.717, 1.165) is 18.4 Å². The molecule has 0 aromatic carbocycles. The zero-order valence-electron chi connectivity index (χ0n) is 10.4. The molecule has 1 saturated heterocycles. The number of hydrogen-bond donors (Lipinski definition) is 0. The van der Waals surface area contributed by atoms with Gasteiger partial charge in [0, 0.05) is 15.6 Å². The average Bonchev–Trinajstić information content (AvgIpc) is 2.10. The van der Waals surface area contributed by atoms with Crippen LogP contribution in [0.25, 0.3) is 0 Å². The van der Waals surface area contributed by atoms with Crippen molar-refractivity contribution in [2.75, 3.05) is 0 Å². The molecule has 0 spiro atoms. The zero-order valence-corrected chi connectivity index (χ0v) is 12.6. The topological polar surface area (TPSA) is 26.3 Å². The van der Waals surface area contributed by atoms with Crippen molar-refractivity contribution in [3.63, 3.8) is 0 Å². The van der Waals surface area contributed by atoms with E-state index < -0.39 is 0 Å². The van der Waals surface area contributed by atoms with Gasteiger partial charge in [-0.25, -0.2) is 0 Å². The Labute approximate surface area is 111 Å². The highest BCUT2D eigenvalue weighted by Crippen LogP contribution is 2.48. The zero-order chi connectivity index (χ0) is 12.1. The molecule has 2 nitrogen and oxygen atoms in total. The maximum Gasteiger partial charge on any atom is 0.165 e. The maximum atomic E-state index is 12.2. The van der Waals surface area contributed by atoms with Crippen molar-refractivity contribution in [2.24, 2.45) is 5.41 Å². The maximum absolute atomic E-state index is 12.2. The van der Waals surface area contributed by atoms with Crippen LogP contribution in [0.5, 0.6) is 0 Å². The lowest BCUT2D eigenvalue weighted by molar-refractivity contribution is -0.138. The molecular weight excluding hydrogens is 315 g/mol. The van der Waals surface area contributed by atoms with Crippen LogP contribution in [0.4, 0.5) is 0 Å². The van der Waals surface area contributed by atoms with Crippen LogP contribution in [0, 0.1) is 5.41 Å². The van der Waals surface area contributed by atoms with Crippen molar-refractivity contribution in [3.05, 3.63) is 9.15 Å². The van der Waals surface area contributed by atoms with Gasteiger partial charge in [-0.05, 0) is 54.7 Å². The molecular formula is C13H19IO2. The molecule has 0 radical (unpaired) electrons. The van der Waals surface area contributed by atoms with E-state index in [0.29, 0.717) is 12.2 Å². The number of hydrogen-bond acceptors (Lipinski definition) is 2. The molecule has 2 aliphatic rings. The molecule has 1 heterocycles. The first-order valence-electron chi connectivity index (χ1n) is 5.84. The molecule has 1 aliphatic carbocycles. The number of ether oxygens (including phenoxy) is 1. The Hall–Kier alpha value is 0.1000. The monoisotopic (exact) mass is 334 g/mol. The number of carbonyl (C=O) groups excluding carboxylic acids is 1. The van der Waals surface area contributed by atoms with Crippen LogP contribution in [-0.2, 0) is 9.53 Å². The fraction of sp³-hybridized carbons (Fsp3) is 0.769. The highest BCUT2D eigenvalue weighted by Gasteiger charge is 2.44. The Morgan fingerprint density at radius 1 is 1.31 bits per heavy atom. The standard InChI is InChI=1S/C13H19IO2/c1-12(2)6-5-9-10(11(12)14)8(15)7-13(3,4)16-9/h9H,5-7H2,1-4H3. The van der Waals surface area contributed by atoms with Gasteiger partial charge in [-0.2, -0.15) is 0 Å². The summed E-state index contributed by atoms with van der Waals surface area (Å²) >= 11 is 2.34. The molecule has 90 valence electrons. The van der Waals surface area contributed by atoms with Gasteiger partial charge in [0.25, 0.3) is 0 Å². The van der Waals surface area contributed by atoms with Crippen LogP contribution in [0.15, 0.2) is 9.15 Å². The second kappa shape index (κ2) is 3.80. The van der Waals surface area contributed by atoms with Gasteiger partial charge in [-0.3, -0.25) is 4.79 Å². The smallest absolute Gasteiger partial charge is 0.165 e. The van der Waals surface area contributed by atoms with E-state index in [2.05, 4.69) is 36.4 Å². The van der Waals surface area contributed by atoms with Gasteiger partial charge in [0.15, 0.2) is 5.78 Å². The van der Waals surface area contributed by atoms with E-state index in [4.69, 9.17) is 4.74 Å². The number of ketones is 1. The summed E-state index contributed by atoms with van der Waals surface area (Å²) in [4.78, 5) is 12.2. The Bertz CT molecular complexity index is 366. The van der Waals surface area contributed by atoms with Gasteiger partial charge in [0.1, 0.15) is 0 Å². The second-order valence-electron chi connectivity index (χ2n) is 6.12. The van der Waals surface area contributed by atoms with Crippen LogP contribution < -0.4 is 0 Å². The molecule has 1 unspecified atom stereocenters. The minimum atomic E-state index is -0.288. The van der Waals surface area contributed by atoms with Crippen LogP contribution in [0.2, 0.25) is 0 Å². The number of rotatable bonds is 0. The largest absolute Gasteiger partial charge is 0.367 e. The van der Waals surface area contributed by atoms with E-state index in [1.165, 1.54) is 3.58 Å². The minimum absolute atomic E-state index is 0.0381. The third kappa shape index (κ3) is 2.08. The van der Waals surface area contributed by atoms with E-state index in [1.54, 1.807) is 0 Å². The summed E-state index contributed by atoms with van der Waals surface area (Å²) in [6.07, 6.45) is 2.63. The predicted molar refractivity (Wildman–Crippen MR) is 72.6 cm³/mol. The molecule has 0 aromatic heterocycles. The van der Waals surface area contributed by atoms with Crippen LogP contribution in [0.3, 0.4) is 0 Å². The van der Waals surface area contributed by atoms with Gasteiger partial charge < -0.3 is 4.74 Å². The van der Waals surface area contributed by atoms with E-state index in [9.17, 15) is 4.79 Å². The van der Waals surface area contributed by atoms with Gasteiger partial charge in [0.2, 0.25) is 0 Å². The summed E-state index contributed by atoms with van der Waals surface area (Å²) in [5, 5.41) is 0. The first-order chi connectivity index (χ1) is 7.23. The quantitative estimate of drug-likeness (QED) is 0.633.